The Morgan fingerprint density at radius 1 is 1.52 bits per heavy atom. The molecule has 1 saturated carbocycles. The zero-order valence-electron chi connectivity index (χ0n) is 13.0. The van der Waals surface area contributed by atoms with Gasteiger partial charge >= 0.3 is 0 Å². The molecule has 2 fully saturated rings. The summed E-state index contributed by atoms with van der Waals surface area (Å²) in [5.41, 5.74) is 1.29. The lowest BCUT2D eigenvalue weighted by Gasteiger charge is -2.43. The highest BCUT2D eigenvalue weighted by Crippen LogP contribution is 2.47. The van der Waals surface area contributed by atoms with Crippen LogP contribution in [-0.4, -0.2) is 37.1 Å². The van der Waals surface area contributed by atoms with Crippen LogP contribution in [0, 0.1) is 5.41 Å². The molecule has 2 atom stereocenters. The minimum absolute atomic E-state index is 0.117. The van der Waals surface area contributed by atoms with E-state index in [2.05, 4.69) is 28.7 Å². The summed E-state index contributed by atoms with van der Waals surface area (Å²) in [5.74, 6) is 0.908. The molecule has 0 spiro atoms. The Hall–Kier alpha value is -0.870. The molecular weight excluding hydrogens is 282 g/mol. The zero-order valence-corrected chi connectivity index (χ0v) is 13.8. The third-order valence-electron chi connectivity index (χ3n) is 5.40. The number of carbonyl (C=O) groups excluding carboxylic acids is 1. The topological polar surface area (TPSA) is 29.5 Å². The molecule has 2 aliphatic rings. The molecule has 3 rings (SSSR count). The third-order valence-corrected chi connectivity index (χ3v) is 6.10. The van der Waals surface area contributed by atoms with Gasteiger partial charge in [-0.3, -0.25) is 4.79 Å². The van der Waals surface area contributed by atoms with Crippen LogP contribution in [-0.2, 0) is 9.53 Å². The molecule has 0 aromatic carbocycles. The molecular formula is C17H25NO2S. The van der Waals surface area contributed by atoms with Gasteiger partial charge in [0.1, 0.15) is 0 Å². The summed E-state index contributed by atoms with van der Waals surface area (Å²) in [7, 11) is 1.72. The number of rotatable bonds is 5. The fourth-order valence-corrected chi connectivity index (χ4v) is 4.58. The molecule has 3 nitrogen and oxygen atoms in total. The Balaban J connectivity index is 1.69. The fourth-order valence-electron chi connectivity index (χ4n) is 3.84. The molecule has 1 aromatic heterocycles. The van der Waals surface area contributed by atoms with Gasteiger partial charge in [0.25, 0.3) is 0 Å². The fraction of sp³-hybridized carbons (Fsp3) is 0.706. The SMILES string of the molecule is COCCC1(C(=O)N2C[C@H](c3ccsc3)C[C@H]2C)CCC1. The molecule has 21 heavy (non-hydrogen) atoms. The van der Waals surface area contributed by atoms with Gasteiger partial charge in [-0.25, -0.2) is 0 Å². The lowest BCUT2D eigenvalue weighted by atomic mass is 9.65. The first kappa shape index (κ1) is 15.0. The van der Waals surface area contributed by atoms with Gasteiger partial charge in [-0.05, 0) is 55.0 Å². The predicted molar refractivity (Wildman–Crippen MR) is 85.6 cm³/mol. The van der Waals surface area contributed by atoms with Crippen molar-refractivity contribution in [3.8, 4) is 0 Å². The minimum atomic E-state index is -0.117. The van der Waals surface area contributed by atoms with Crippen molar-refractivity contribution in [3.05, 3.63) is 22.4 Å². The summed E-state index contributed by atoms with van der Waals surface area (Å²) in [6.07, 6.45) is 5.26. The number of methoxy groups -OCH3 is 1. The summed E-state index contributed by atoms with van der Waals surface area (Å²) in [5, 5.41) is 4.37. The van der Waals surface area contributed by atoms with E-state index in [0.717, 1.165) is 32.2 Å². The summed E-state index contributed by atoms with van der Waals surface area (Å²) in [6, 6.07) is 2.57. The van der Waals surface area contributed by atoms with Crippen LogP contribution in [0.15, 0.2) is 16.8 Å². The third kappa shape index (κ3) is 2.76. The van der Waals surface area contributed by atoms with E-state index in [1.165, 1.54) is 12.0 Å². The van der Waals surface area contributed by atoms with Crippen LogP contribution < -0.4 is 0 Å². The number of ether oxygens (including phenoxy) is 1. The maximum atomic E-state index is 13.1. The van der Waals surface area contributed by atoms with Gasteiger partial charge in [0.2, 0.25) is 5.91 Å². The van der Waals surface area contributed by atoms with Gasteiger partial charge in [-0.1, -0.05) is 6.42 Å². The van der Waals surface area contributed by atoms with Crippen molar-refractivity contribution in [2.45, 2.75) is 51.0 Å². The number of nitrogens with zero attached hydrogens (tertiary/aromatic N) is 1. The van der Waals surface area contributed by atoms with E-state index in [1.54, 1.807) is 18.4 Å². The van der Waals surface area contributed by atoms with E-state index in [4.69, 9.17) is 4.74 Å². The molecule has 1 amide bonds. The number of hydrogen-bond donors (Lipinski definition) is 0. The highest BCUT2D eigenvalue weighted by molar-refractivity contribution is 7.07. The van der Waals surface area contributed by atoms with Crippen LogP contribution in [0.1, 0.15) is 50.5 Å². The highest BCUT2D eigenvalue weighted by atomic mass is 32.1. The average molecular weight is 307 g/mol. The lowest BCUT2D eigenvalue weighted by Crippen LogP contribution is -2.49. The van der Waals surface area contributed by atoms with E-state index in [1.807, 2.05) is 0 Å². The van der Waals surface area contributed by atoms with Crippen molar-refractivity contribution in [1.82, 2.24) is 4.90 Å². The van der Waals surface area contributed by atoms with Crippen molar-refractivity contribution in [1.29, 1.82) is 0 Å². The summed E-state index contributed by atoms with van der Waals surface area (Å²) in [6.45, 7) is 3.79. The standard InChI is InChI=1S/C17H25NO2S/c1-13-10-15(14-4-9-21-12-14)11-18(13)16(19)17(5-3-6-17)7-8-20-2/h4,9,12-13,15H,3,5-8,10-11H2,1-2H3/t13-,15-/m1/s1. The molecule has 0 bridgehead atoms. The molecule has 0 N–H and O–H groups in total. The average Bonchev–Trinajstić information content (AvgIpc) is 3.06. The van der Waals surface area contributed by atoms with Crippen molar-refractivity contribution in [3.63, 3.8) is 0 Å². The number of carbonyl (C=O) groups is 1. The molecule has 1 aromatic rings. The lowest BCUT2D eigenvalue weighted by molar-refractivity contribution is -0.149. The molecule has 0 unspecified atom stereocenters. The second kappa shape index (κ2) is 6.09. The molecule has 1 aliphatic carbocycles. The second-order valence-corrected chi connectivity index (χ2v) is 7.45. The van der Waals surface area contributed by atoms with Gasteiger partial charge in [-0.2, -0.15) is 11.3 Å². The van der Waals surface area contributed by atoms with E-state index >= 15 is 0 Å². The smallest absolute Gasteiger partial charge is 0.229 e. The first-order chi connectivity index (χ1) is 10.2. The van der Waals surface area contributed by atoms with Crippen molar-refractivity contribution < 1.29 is 9.53 Å². The molecule has 1 saturated heterocycles. The largest absolute Gasteiger partial charge is 0.385 e. The maximum Gasteiger partial charge on any atom is 0.229 e. The van der Waals surface area contributed by atoms with Gasteiger partial charge < -0.3 is 9.64 Å². The van der Waals surface area contributed by atoms with E-state index in [-0.39, 0.29) is 5.41 Å². The Bertz CT molecular complexity index is 481. The number of thiophene rings is 1. The maximum absolute atomic E-state index is 13.1. The monoisotopic (exact) mass is 307 g/mol. The van der Waals surface area contributed by atoms with Crippen LogP contribution in [0.4, 0.5) is 0 Å². The van der Waals surface area contributed by atoms with Crippen LogP contribution in [0.25, 0.3) is 0 Å². The van der Waals surface area contributed by atoms with Crippen LogP contribution in [0.3, 0.4) is 0 Å². The Morgan fingerprint density at radius 2 is 2.33 bits per heavy atom. The second-order valence-electron chi connectivity index (χ2n) is 6.67. The van der Waals surface area contributed by atoms with E-state index < -0.39 is 0 Å². The Labute approximate surface area is 131 Å². The molecule has 1 aliphatic heterocycles. The number of amides is 1. The van der Waals surface area contributed by atoms with Gasteiger partial charge in [0.15, 0.2) is 0 Å². The summed E-state index contributed by atoms with van der Waals surface area (Å²) < 4.78 is 5.22. The minimum Gasteiger partial charge on any atom is -0.385 e. The van der Waals surface area contributed by atoms with Crippen LogP contribution >= 0.6 is 11.3 Å². The molecule has 4 heteroatoms. The summed E-state index contributed by atoms with van der Waals surface area (Å²) >= 11 is 1.75. The van der Waals surface area contributed by atoms with Crippen molar-refractivity contribution >= 4 is 17.2 Å². The quantitative estimate of drug-likeness (QED) is 0.831. The highest BCUT2D eigenvalue weighted by Gasteiger charge is 2.48. The van der Waals surface area contributed by atoms with Gasteiger partial charge in [-0.15, -0.1) is 0 Å². The molecule has 2 heterocycles. The van der Waals surface area contributed by atoms with Crippen LogP contribution in [0.2, 0.25) is 0 Å². The normalized spacial score (nSPS) is 27.6. The Morgan fingerprint density at radius 3 is 2.90 bits per heavy atom. The van der Waals surface area contributed by atoms with E-state index in [9.17, 15) is 4.79 Å². The first-order valence-corrected chi connectivity index (χ1v) is 8.93. The number of likely N-dealkylation sites (tertiary alicyclic amines) is 1. The Kier molecular flexibility index (Phi) is 4.36. The van der Waals surface area contributed by atoms with Gasteiger partial charge in [0.05, 0.1) is 5.41 Å². The van der Waals surface area contributed by atoms with E-state index in [0.29, 0.717) is 24.5 Å². The number of hydrogen-bond acceptors (Lipinski definition) is 3. The summed E-state index contributed by atoms with van der Waals surface area (Å²) in [4.78, 5) is 15.2. The molecule has 0 radical (unpaired) electrons. The first-order valence-electron chi connectivity index (χ1n) is 7.98. The predicted octanol–water partition coefficient (Wildman–Crippen LogP) is 3.66. The van der Waals surface area contributed by atoms with Crippen LogP contribution in [0.5, 0.6) is 0 Å². The van der Waals surface area contributed by atoms with Crippen molar-refractivity contribution in [2.75, 3.05) is 20.3 Å². The molecule has 116 valence electrons. The van der Waals surface area contributed by atoms with Crippen molar-refractivity contribution in [2.24, 2.45) is 5.41 Å². The van der Waals surface area contributed by atoms with Gasteiger partial charge in [0, 0.05) is 32.2 Å². The zero-order chi connectivity index (χ0) is 14.9.